The average Bonchev–Trinajstić information content (AvgIpc) is 2.61. The van der Waals surface area contributed by atoms with Crippen LogP contribution in [0.2, 0.25) is 0 Å². The highest BCUT2D eigenvalue weighted by Gasteiger charge is 2.00. The molecule has 4 nitrogen and oxygen atoms in total. The first-order chi connectivity index (χ1) is 7.22. The molecule has 0 spiro atoms. The first-order valence-electron chi connectivity index (χ1n) is 4.29. The van der Waals surface area contributed by atoms with Gasteiger partial charge in [0.2, 0.25) is 5.91 Å². The van der Waals surface area contributed by atoms with Crippen LogP contribution in [0.25, 0.3) is 0 Å². The Morgan fingerprint density at radius 2 is 2.47 bits per heavy atom. The lowest BCUT2D eigenvalue weighted by molar-refractivity contribution is -0.120. The third kappa shape index (κ3) is 4.93. The molecule has 0 aromatic carbocycles. The highest BCUT2D eigenvalue weighted by atomic mass is 79.9. The highest BCUT2D eigenvalue weighted by molar-refractivity contribution is 9.10. The van der Waals surface area contributed by atoms with Crippen LogP contribution in [-0.4, -0.2) is 19.0 Å². The van der Waals surface area contributed by atoms with Gasteiger partial charge < -0.3 is 10.6 Å². The van der Waals surface area contributed by atoms with Crippen molar-refractivity contribution in [2.24, 2.45) is 0 Å². The van der Waals surface area contributed by atoms with E-state index in [1.165, 1.54) is 0 Å². The number of amides is 1. The standard InChI is InChI=1S/C9H10BrN3OS/c10-7-3-8(15-6-7)4-12-5-9(14)13-2-1-11/h3,6,12H,2,4-5H2,(H,13,14). The Morgan fingerprint density at radius 1 is 1.67 bits per heavy atom. The molecule has 2 N–H and O–H groups in total. The van der Waals surface area contributed by atoms with Crippen molar-refractivity contribution in [2.45, 2.75) is 6.54 Å². The van der Waals surface area contributed by atoms with Gasteiger partial charge in [0.1, 0.15) is 6.54 Å². The Bertz CT molecular complexity index is 372. The number of hydrogen-bond donors (Lipinski definition) is 2. The summed E-state index contributed by atoms with van der Waals surface area (Å²) in [6, 6.07) is 3.85. The van der Waals surface area contributed by atoms with E-state index in [-0.39, 0.29) is 19.0 Å². The molecule has 0 saturated heterocycles. The zero-order chi connectivity index (χ0) is 11.1. The number of halogens is 1. The Balaban J connectivity index is 2.16. The summed E-state index contributed by atoms with van der Waals surface area (Å²) in [6.07, 6.45) is 0. The number of carbonyl (C=O) groups is 1. The molecule has 1 amide bonds. The van der Waals surface area contributed by atoms with E-state index in [0.717, 1.165) is 9.35 Å². The lowest BCUT2D eigenvalue weighted by Crippen LogP contribution is -2.33. The second kappa shape index (κ2) is 6.56. The summed E-state index contributed by atoms with van der Waals surface area (Å²) >= 11 is 4.98. The Kier molecular flexibility index (Phi) is 5.32. The van der Waals surface area contributed by atoms with E-state index in [0.29, 0.717) is 6.54 Å². The van der Waals surface area contributed by atoms with Gasteiger partial charge in [0.05, 0.1) is 12.6 Å². The maximum atomic E-state index is 11.1. The normalized spacial score (nSPS) is 9.60. The van der Waals surface area contributed by atoms with Crippen molar-refractivity contribution in [1.82, 2.24) is 10.6 Å². The van der Waals surface area contributed by atoms with Gasteiger partial charge in [-0.15, -0.1) is 11.3 Å². The molecule has 0 radical (unpaired) electrons. The largest absolute Gasteiger partial charge is 0.342 e. The number of nitriles is 1. The van der Waals surface area contributed by atoms with E-state index in [9.17, 15) is 4.79 Å². The van der Waals surface area contributed by atoms with Crippen LogP contribution in [-0.2, 0) is 11.3 Å². The van der Waals surface area contributed by atoms with Gasteiger partial charge in [-0.3, -0.25) is 4.79 Å². The summed E-state index contributed by atoms with van der Waals surface area (Å²) in [6.45, 7) is 0.957. The quantitative estimate of drug-likeness (QED) is 0.801. The van der Waals surface area contributed by atoms with Crippen LogP contribution in [0.3, 0.4) is 0 Å². The maximum absolute atomic E-state index is 11.1. The van der Waals surface area contributed by atoms with E-state index >= 15 is 0 Å². The molecule has 6 heteroatoms. The van der Waals surface area contributed by atoms with Gasteiger partial charge in [-0.05, 0) is 22.0 Å². The molecular formula is C9H10BrN3OS. The van der Waals surface area contributed by atoms with Crippen molar-refractivity contribution >= 4 is 33.2 Å². The van der Waals surface area contributed by atoms with E-state index in [1.807, 2.05) is 17.5 Å². The van der Waals surface area contributed by atoms with Crippen LogP contribution in [0.5, 0.6) is 0 Å². The number of carbonyl (C=O) groups excluding carboxylic acids is 1. The first kappa shape index (κ1) is 12.2. The van der Waals surface area contributed by atoms with E-state index in [4.69, 9.17) is 5.26 Å². The van der Waals surface area contributed by atoms with E-state index in [2.05, 4.69) is 26.6 Å². The van der Waals surface area contributed by atoms with E-state index < -0.39 is 0 Å². The molecule has 0 fully saturated rings. The fourth-order valence-electron chi connectivity index (χ4n) is 0.946. The molecule has 0 aliphatic rings. The topological polar surface area (TPSA) is 64.9 Å². The maximum Gasteiger partial charge on any atom is 0.234 e. The first-order valence-corrected chi connectivity index (χ1v) is 5.97. The number of hydrogen-bond acceptors (Lipinski definition) is 4. The molecule has 0 aliphatic heterocycles. The molecular weight excluding hydrogens is 278 g/mol. The molecule has 80 valence electrons. The van der Waals surface area contributed by atoms with Gasteiger partial charge in [0, 0.05) is 21.3 Å². The van der Waals surface area contributed by atoms with Crippen molar-refractivity contribution in [1.29, 1.82) is 5.26 Å². The SMILES string of the molecule is N#CCNC(=O)CNCc1cc(Br)cs1. The fourth-order valence-corrected chi connectivity index (χ4v) is 2.37. The van der Waals surface area contributed by atoms with E-state index in [1.54, 1.807) is 11.3 Å². The van der Waals surface area contributed by atoms with Crippen LogP contribution in [0.4, 0.5) is 0 Å². The van der Waals surface area contributed by atoms with Gasteiger partial charge in [0.25, 0.3) is 0 Å². The summed E-state index contributed by atoms with van der Waals surface area (Å²) in [5, 5.41) is 15.7. The van der Waals surface area contributed by atoms with Crippen LogP contribution in [0.15, 0.2) is 15.9 Å². The molecule has 0 bridgehead atoms. The number of rotatable bonds is 5. The third-order valence-electron chi connectivity index (χ3n) is 1.57. The summed E-state index contributed by atoms with van der Waals surface area (Å²) in [7, 11) is 0. The molecule has 0 unspecified atom stereocenters. The Hall–Kier alpha value is -0.900. The van der Waals surface area contributed by atoms with Gasteiger partial charge >= 0.3 is 0 Å². The highest BCUT2D eigenvalue weighted by Crippen LogP contribution is 2.19. The monoisotopic (exact) mass is 287 g/mol. The summed E-state index contributed by atoms with van der Waals surface area (Å²) in [4.78, 5) is 12.2. The van der Waals surface area contributed by atoms with Crippen LogP contribution < -0.4 is 10.6 Å². The summed E-state index contributed by atoms with van der Waals surface area (Å²) in [5.74, 6) is -0.160. The van der Waals surface area contributed by atoms with Crippen molar-refractivity contribution < 1.29 is 4.79 Å². The van der Waals surface area contributed by atoms with Gasteiger partial charge in [-0.25, -0.2) is 0 Å². The lowest BCUT2D eigenvalue weighted by atomic mass is 10.4. The molecule has 1 aromatic rings. The van der Waals surface area contributed by atoms with Gasteiger partial charge in [-0.2, -0.15) is 5.26 Å². The van der Waals surface area contributed by atoms with Crippen molar-refractivity contribution in [3.05, 3.63) is 20.8 Å². The molecule has 0 saturated carbocycles. The second-order valence-electron chi connectivity index (χ2n) is 2.77. The predicted octanol–water partition coefficient (Wildman–Crippen LogP) is 1.24. The Morgan fingerprint density at radius 3 is 3.07 bits per heavy atom. The smallest absolute Gasteiger partial charge is 0.234 e. The van der Waals surface area contributed by atoms with Crippen molar-refractivity contribution in [3.8, 4) is 6.07 Å². The molecule has 0 aliphatic carbocycles. The second-order valence-corrected chi connectivity index (χ2v) is 4.68. The lowest BCUT2D eigenvalue weighted by Gasteiger charge is -2.02. The number of thiophene rings is 1. The van der Waals surface area contributed by atoms with Crippen LogP contribution in [0, 0.1) is 11.3 Å². The minimum Gasteiger partial charge on any atom is -0.342 e. The average molecular weight is 288 g/mol. The fraction of sp³-hybridized carbons (Fsp3) is 0.333. The van der Waals surface area contributed by atoms with Crippen molar-refractivity contribution in [2.75, 3.05) is 13.1 Å². The Labute approximate surface area is 100 Å². The zero-order valence-electron chi connectivity index (χ0n) is 7.92. The molecule has 1 rings (SSSR count). The molecule has 1 aromatic heterocycles. The van der Waals surface area contributed by atoms with Crippen LogP contribution in [0.1, 0.15) is 4.88 Å². The van der Waals surface area contributed by atoms with Gasteiger partial charge in [0.15, 0.2) is 0 Å². The third-order valence-corrected chi connectivity index (χ3v) is 3.27. The van der Waals surface area contributed by atoms with Gasteiger partial charge in [-0.1, -0.05) is 0 Å². The number of nitrogens with one attached hydrogen (secondary N) is 2. The molecule has 15 heavy (non-hydrogen) atoms. The molecule has 1 heterocycles. The minimum atomic E-state index is -0.160. The predicted molar refractivity (Wildman–Crippen MR) is 62.3 cm³/mol. The van der Waals surface area contributed by atoms with Crippen LogP contribution >= 0.6 is 27.3 Å². The molecule has 0 atom stereocenters. The van der Waals surface area contributed by atoms with Crippen molar-refractivity contribution in [3.63, 3.8) is 0 Å². The summed E-state index contributed by atoms with van der Waals surface area (Å²) < 4.78 is 1.05. The minimum absolute atomic E-state index is 0.0606. The zero-order valence-corrected chi connectivity index (χ0v) is 10.3. The summed E-state index contributed by atoms with van der Waals surface area (Å²) in [5.41, 5.74) is 0. The number of nitrogens with zero attached hydrogens (tertiary/aromatic N) is 1.